The molecule has 1 aliphatic heterocycles. The van der Waals surface area contributed by atoms with Crippen molar-refractivity contribution in [3.8, 4) is 5.75 Å². The minimum Gasteiger partial charge on any atom is -0.494 e. The number of nitrogens with one attached hydrogen (secondary N) is 1. The van der Waals surface area contributed by atoms with E-state index >= 15 is 0 Å². The number of benzene rings is 1. The average Bonchev–Trinajstić information content (AvgIpc) is 3.11. The molecule has 0 aromatic heterocycles. The van der Waals surface area contributed by atoms with Gasteiger partial charge in [-0.2, -0.15) is 0 Å². The van der Waals surface area contributed by atoms with Gasteiger partial charge in [0.15, 0.2) is 0 Å². The van der Waals surface area contributed by atoms with Crippen molar-refractivity contribution in [1.29, 1.82) is 0 Å². The first-order valence-corrected chi connectivity index (χ1v) is 11.8. The van der Waals surface area contributed by atoms with Gasteiger partial charge in [0.25, 0.3) is 0 Å². The molecule has 28 heavy (non-hydrogen) atoms. The molecule has 1 atom stereocenters. The van der Waals surface area contributed by atoms with Gasteiger partial charge in [0, 0.05) is 12.5 Å². The van der Waals surface area contributed by atoms with E-state index in [-0.39, 0.29) is 0 Å². The van der Waals surface area contributed by atoms with Crippen LogP contribution in [0.5, 0.6) is 5.75 Å². The molecule has 0 saturated carbocycles. The van der Waals surface area contributed by atoms with Crippen molar-refractivity contribution in [2.24, 2.45) is 4.99 Å². The lowest BCUT2D eigenvalue weighted by molar-refractivity contribution is 0.304. The summed E-state index contributed by atoms with van der Waals surface area (Å²) in [5.74, 6) is 2.10. The Hall–Kier alpha value is -1.51. The van der Waals surface area contributed by atoms with Crippen molar-refractivity contribution < 1.29 is 4.74 Å². The predicted molar refractivity (Wildman–Crippen MR) is 122 cm³/mol. The summed E-state index contributed by atoms with van der Waals surface area (Å²) in [5, 5.41) is 3.42. The van der Waals surface area contributed by atoms with Gasteiger partial charge in [-0.1, -0.05) is 89.7 Å². The van der Waals surface area contributed by atoms with Gasteiger partial charge in [0.05, 0.1) is 13.2 Å². The summed E-state index contributed by atoms with van der Waals surface area (Å²) in [5.41, 5.74) is 1.29. The van der Waals surface area contributed by atoms with Crippen LogP contribution in [0.3, 0.4) is 0 Å². The lowest BCUT2D eigenvalue weighted by Crippen LogP contribution is -2.28. The highest BCUT2D eigenvalue weighted by atomic mass is 16.5. The quantitative estimate of drug-likeness (QED) is 0.321. The second-order valence-electron chi connectivity index (χ2n) is 8.39. The molecule has 1 unspecified atom stereocenters. The van der Waals surface area contributed by atoms with Crippen molar-refractivity contribution in [3.05, 3.63) is 29.8 Å². The van der Waals surface area contributed by atoms with Crippen LogP contribution >= 0.6 is 0 Å². The molecule has 1 aliphatic rings. The number of hydrogen-bond donors (Lipinski definition) is 1. The Morgan fingerprint density at radius 3 is 1.96 bits per heavy atom. The van der Waals surface area contributed by atoms with Gasteiger partial charge in [-0.25, -0.2) is 0 Å². The molecule has 1 heterocycles. The number of rotatable bonds is 16. The Balaban J connectivity index is 1.41. The molecule has 1 aromatic carbocycles. The van der Waals surface area contributed by atoms with Gasteiger partial charge >= 0.3 is 0 Å². The molecule has 1 aromatic rings. The maximum absolute atomic E-state index is 5.89. The highest BCUT2D eigenvalue weighted by Crippen LogP contribution is 2.15. The van der Waals surface area contributed by atoms with Crippen LogP contribution in [-0.2, 0) is 6.42 Å². The van der Waals surface area contributed by atoms with Crippen LogP contribution in [0.25, 0.3) is 0 Å². The third-order valence-corrected chi connectivity index (χ3v) is 5.53. The molecule has 0 radical (unpaired) electrons. The second kappa shape index (κ2) is 14.5. The fourth-order valence-corrected chi connectivity index (χ4v) is 3.76. The standard InChI is InChI=1S/C25H42N2O/c1-3-4-5-6-7-8-9-10-11-12-13-14-19-28-24-17-15-23(16-18-24)20-25-26-21-22(2)27-25/h15-18,22H,3-14,19-21H2,1-2H3,(H,26,27). The van der Waals surface area contributed by atoms with Crippen molar-refractivity contribution >= 4 is 5.84 Å². The van der Waals surface area contributed by atoms with Crippen LogP contribution in [0.4, 0.5) is 0 Å². The van der Waals surface area contributed by atoms with Crippen LogP contribution in [0.2, 0.25) is 0 Å². The molecule has 3 heteroatoms. The van der Waals surface area contributed by atoms with E-state index < -0.39 is 0 Å². The van der Waals surface area contributed by atoms with E-state index in [2.05, 4.69) is 48.4 Å². The topological polar surface area (TPSA) is 33.6 Å². The molecule has 3 nitrogen and oxygen atoms in total. The van der Waals surface area contributed by atoms with E-state index in [0.717, 1.165) is 37.6 Å². The Kier molecular flexibility index (Phi) is 11.8. The Bertz CT molecular complexity index is 538. The molecule has 2 rings (SSSR count). The summed E-state index contributed by atoms with van der Waals surface area (Å²) in [7, 11) is 0. The van der Waals surface area contributed by atoms with Gasteiger partial charge in [-0.15, -0.1) is 0 Å². The number of unbranched alkanes of at least 4 members (excludes halogenated alkanes) is 11. The Morgan fingerprint density at radius 1 is 0.857 bits per heavy atom. The normalized spacial score (nSPS) is 16.1. The van der Waals surface area contributed by atoms with E-state index in [4.69, 9.17) is 4.74 Å². The van der Waals surface area contributed by atoms with E-state index in [1.165, 1.54) is 76.2 Å². The maximum atomic E-state index is 5.89. The molecule has 1 N–H and O–H groups in total. The van der Waals surface area contributed by atoms with Gasteiger partial charge in [0.1, 0.15) is 11.6 Å². The van der Waals surface area contributed by atoms with Crippen LogP contribution in [0, 0.1) is 0 Å². The number of amidine groups is 1. The molecular weight excluding hydrogens is 344 g/mol. The van der Waals surface area contributed by atoms with E-state index in [1.54, 1.807) is 0 Å². The number of aliphatic imine (C=N–C) groups is 1. The summed E-state index contributed by atoms with van der Waals surface area (Å²) in [6, 6.07) is 8.98. The third-order valence-electron chi connectivity index (χ3n) is 5.53. The molecule has 0 amide bonds. The molecule has 0 aliphatic carbocycles. The highest BCUT2D eigenvalue weighted by molar-refractivity contribution is 5.86. The van der Waals surface area contributed by atoms with Gasteiger partial charge in [0.2, 0.25) is 0 Å². The predicted octanol–water partition coefficient (Wildman–Crippen LogP) is 6.70. The van der Waals surface area contributed by atoms with E-state index in [9.17, 15) is 0 Å². The molecule has 0 fully saturated rings. The first kappa shape index (κ1) is 22.8. The minimum atomic E-state index is 0.480. The summed E-state index contributed by atoms with van der Waals surface area (Å²) in [6.45, 7) is 6.19. The van der Waals surface area contributed by atoms with Gasteiger partial charge in [-0.3, -0.25) is 4.99 Å². The number of nitrogens with zero attached hydrogens (tertiary/aromatic N) is 1. The minimum absolute atomic E-state index is 0.480. The van der Waals surface area contributed by atoms with E-state index in [0.29, 0.717) is 6.04 Å². The van der Waals surface area contributed by atoms with E-state index in [1.807, 2.05) is 0 Å². The lowest BCUT2D eigenvalue weighted by atomic mass is 10.1. The molecule has 0 saturated heterocycles. The molecule has 158 valence electrons. The van der Waals surface area contributed by atoms with Crippen LogP contribution in [-0.4, -0.2) is 25.0 Å². The fourth-order valence-electron chi connectivity index (χ4n) is 3.76. The molecule has 0 bridgehead atoms. The summed E-state index contributed by atoms with van der Waals surface area (Å²) < 4.78 is 5.89. The van der Waals surface area contributed by atoms with Crippen molar-refractivity contribution in [1.82, 2.24) is 5.32 Å². The summed E-state index contributed by atoms with van der Waals surface area (Å²) in [4.78, 5) is 4.53. The van der Waals surface area contributed by atoms with Gasteiger partial charge in [-0.05, 0) is 31.0 Å². The van der Waals surface area contributed by atoms with Gasteiger partial charge < -0.3 is 10.1 Å². The fraction of sp³-hybridized carbons (Fsp3) is 0.720. The highest BCUT2D eigenvalue weighted by Gasteiger charge is 2.12. The van der Waals surface area contributed by atoms with Crippen LogP contribution in [0.1, 0.15) is 96.5 Å². The smallest absolute Gasteiger partial charge is 0.119 e. The zero-order chi connectivity index (χ0) is 19.9. The van der Waals surface area contributed by atoms with Crippen LogP contribution < -0.4 is 10.1 Å². The average molecular weight is 387 g/mol. The SMILES string of the molecule is CCCCCCCCCCCCCCOc1ccc(CC2=NCC(C)N2)cc1. The first-order valence-electron chi connectivity index (χ1n) is 11.8. The van der Waals surface area contributed by atoms with Crippen molar-refractivity contribution in [2.75, 3.05) is 13.2 Å². The first-order chi connectivity index (χ1) is 13.8. The zero-order valence-electron chi connectivity index (χ0n) is 18.3. The Morgan fingerprint density at radius 2 is 1.43 bits per heavy atom. The lowest BCUT2D eigenvalue weighted by Gasteiger charge is -2.09. The number of ether oxygens (including phenoxy) is 1. The summed E-state index contributed by atoms with van der Waals surface area (Å²) in [6.07, 6.45) is 17.4. The number of hydrogen-bond acceptors (Lipinski definition) is 3. The molecule has 0 spiro atoms. The van der Waals surface area contributed by atoms with Crippen LogP contribution in [0.15, 0.2) is 29.3 Å². The maximum Gasteiger partial charge on any atom is 0.119 e. The zero-order valence-corrected chi connectivity index (χ0v) is 18.3. The third kappa shape index (κ3) is 10.1. The summed E-state index contributed by atoms with van der Waals surface area (Å²) >= 11 is 0. The van der Waals surface area contributed by atoms with Crippen molar-refractivity contribution in [2.45, 2.75) is 103 Å². The van der Waals surface area contributed by atoms with Crippen molar-refractivity contribution in [3.63, 3.8) is 0 Å². The molecular formula is C25H42N2O. The second-order valence-corrected chi connectivity index (χ2v) is 8.39. The largest absolute Gasteiger partial charge is 0.494 e. The Labute approximate surface area is 173 Å². The monoisotopic (exact) mass is 386 g/mol.